The van der Waals surface area contributed by atoms with Gasteiger partial charge in [-0.3, -0.25) is 0 Å². The maximum Gasteiger partial charge on any atom is 0.157 e. The molecule has 1 N–H and O–H groups in total. The van der Waals surface area contributed by atoms with Gasteiger partial charge in [0, 0.05) is 25.3 Å². The first-order valence-corrected chi connectivity index (χ1v) is 6.51. The normalized spacial score (nSPS) is 10.6. The van der Waals surface area contributed by atoms with Crippen molar-refractivity contribution < 1.29 is 9.13 Å². The highest BCUT2D eigenvalue weighted by molar-refractivity contribution is 5.63. The fourth-order valence-corrected chi connectivity index (χ4v) is 1.86. The van der Waals surface area contributed by atoms with Crippen LogP contribution >= 0.6 is 0 Å². The Balaban J connectivity index is 2.45. The number of rotatable bonds is 5. The van der Waals surface area contributed by atoms with Crippen LogP contribution in [0.2, 0.25) is 0 Å². The van der Waals surface area contributed by atoms with Gasteiger partial charge in [0.25, 0.3) is 0 Å². The molecule has 0 aliphatic rings. The maximum atomic E-state index is 13.7. The number of benzene rings is 1. The Hall–Kier alpha value is -2.01. The van der Waals surface area contributed by atoms with Gasteiger partial charge in [-0.25, -0.2) is 14.4 Å². The van der Waals surface area contributed by atoms with Gasteiger partial charge in [0.05, 0.1) is 5.69 Å². The molecule has 1 aromatic heterocycles. The number of nitrogens with one attached hydrogen (secondary N) is 1. The Morgan fingerprint density at radius 1 is 1.25 bits per heavy atom. The number of hydrogen-bond acceptors (Lipinski definition) is 4. The molecular weight excluding hydrogens is 257 g/mol. The number of aromatic nitrogens is 2. The number of aryl methyl sites for hydroxylation is 1. The van der Waals surface area contributed by atoms with Crippen molar-refractivity contribution in [3.8, 4) is 11.3 Å². The minimum Gasteiger partial charge on any atom is -0.377 e. The minimum atomic E-state index is -0.237. The molecule has 0 saturated carbocycles. The first kappa shape index (κ1) is 14.4. The highest BCUT2D eigenvalue weighted by Gasteiger charge is 2.08. The molecule has 0 bridgehead atoms. The number of hydrogen-bond donors (Lipinski definition) is 1. The second-order valence-electron chi connectivity index (χ2n) is 4.48. The summed E-state index contributed by atoms with van der Waals surface area (Å²) in [5.74, 6) is 1.05. The molecule has 1 heterocycles. The van der Waals surface area contributed by atoms with Crippen LogP contribution in [-0.4, -0.2) is 23.6 Å². The van der Waals surface area contributed by atoms with E-state index in [0.717, 1.165) is 12.1 Å². The molecule has 2 aromatic rings. The van der Waals surface area contributed by atoms with Crippen molar-refractivity contribution in [1.82, 2.24) is 9.97 Å². The molecule has 0 amide bonds. The van der Waals surface area contributed by atoms with Gasteiger partial charge >= 0.3 is 0 Å². The van der Waals surface area contributed by atoms with Crippen LogP contribution in [0.1, 0.15) is 18.3 Å². The molecule has 2 rings (SSSR count). The molecule has 0 radical (unpaired) electrons. The van der Waals surface area contributed by atoms with Crippen molar-refractivity contribution in [2.45, 2.75) is 20.5 Å². The van der Waals surface area contributed by atoms with Crippen molar-refractivity contribution >= 4 is 5.82 Å². The number of halogens is 1. The van der Waals surface area contributed by atoms with Gasteiger partial charge in [-0.1, -0.05) is 12.1 Å². The van der Waals surface area contributed by atoms with E-state index in [0.29, 0.717) is 29.5 Å². The molecule has 4 nitrogen and oxygen atoms in total. The largest absolute Gasteiger partial charge is 0.377 e. The molecule has 1 aromatic carbocycles. The van der Waals surface area contributed by atoms with Crippen LogP contribution in [-0.2, 0) is 11.3 Å². The molecule has 106 valence electrons. The molecule has 0 aliphatic carbocycles. The van der Waals surface area contributed by atoms with Gasteiger partial charge in [0.15, 0.2) is 5.82 Å². The summed E-state index contributed by atoms with van der Waals surface area (Å²) in [6.45, 7) is 4.80. The zero-order valence-corrected chi connectivity index (χ0v) is 11.9. The van der Waals surface area contributed by atoms with E-state index in [9.17, 15) is 4.39 Å². The van der Waals surface area contributed by atoms with Crippen molar-refractivity contribution in [1.29, 1.82) is 0 Å². The third kappa shape index (κ3) is 3.30. The van der Waals surface area contributed by atoms with E-state index in [1.165, 1.54) is 6.07 Å². The molecule has 0 aliphatic heterocycles. The van der Waals surface area contributed by atoms with Gasteiger partial charge in [-0.15, -0.1) is 0 Å². The van der Waals surface area contributed by atoms with E-state index in [1.807, 2.05) is 19.1 Å². The number of methoxy groups -OCH3 is 1. The van der Waals surface area contributed by atoms with Gasteiger partial charge in [-0.2, -0.15) is 0 Å². The van der Waals surface area contributed by atoms with E-state index < -0.39 is 0 Å². The monoisotopic (exact) mass is 275 g/mol. The number of ether oxygens (including phenoxy) is 1. The van der Waals surface area contributed by atoms with Crippen LogP contribution in [0.5, 0.6) is 0 Å². The lowest BCUT2D eigenvalue weighted by Gasteiger charge is -2.09. The molecule has 5 heteroatoms. The minimum absolute atomic E-state index is 0.237. The van der Waals surface area contributed by atoms with Crippen LogP contribution in [0.3, 0.4) is 0 Å². The van der Waals surface area contributed by atoms with Crippen LogP contribution in [0.4, 0.5) is 10.2 Å². The average molecular weight is 275 g/mol. The predicted octanol–water partition coefficient (Wildman–Crippen LogP) is 3.17. The summed E-state index contributed by atoms with van der Waals surface area (Å²) in [6.07, 6.45) is 0. The topological polar surface area (TPSA) is 47.0 Å². The van der Waals surface area contributed by atoms with E-state index >= 15 is 0 Å². The molecule has 0 saturated heterocycles. The number of nitrogens with zero attached hydrogens (tertiary/aromatic N) is 2. The smallest absolute Gasteiger partial charge is 0.157 e. The second kappa shape index (κ2) is 6.43. The molecule has 0 fully saturated rings. The zero-order valence-electron chi connectivity index (χ0n) is 11.9. The lowest BCUT2D eigenvalue weighted by atomic mass is 10.1. The van der Waals surface area contributed by atoms with Crippen molar-refractivity contribution in [2.24, 2.45) is 0 Å². The fourth-order valence-electron chi connectivity index (χ4n) is 1.86. The second-order valence-corrected chi connectivity index (χ2v) is 4.48. The highest BCUT2D eigenvalue weighted by atomic mass is 19.1. The fraction of sp³-hybridized carbons (Fsp3) is 0.333. The van der Waals surface area contributed by atoms with Gasteiger partial charge < -0.3 is 10.1 Å². The van der Waals surface area contributed by atoms with E-state index in [2.05, 4.69) is 15.3 Å². The Kier molecular flexibility index (Phi) is 4.63. The molecule has 0 unspecified atom stereocenters. The highest BCUT2D eigenvalue weighted by Crippen LogP contribution is 2.22. The Morgan fingerprint density at radius 2 is 2.05 bits per heavy atom. The first-order chi connectivity index (χ1) is 9.63. The van der Waals surface area contributed by atoms with Gasteiger partial charge in [-0.05, 0) is 25.5 Å². The molecule has 0 atom stereocenters. The van der Waals surface area contributed by atoms with Crippen molar-refractivity contribution in [2.75, 3.05) is 19.0 Å². The Morgan fingerprint density at radius 3 is 2.70 bits per heavy atom. The van der Waals surface area contributed by atoms with Crippen LogP contribution in [0.15, 0.2) is 24.3 Å². The predicted molar refractivity (Wildman–Crippen MR) is 77.0 cm³/mol. The van der Waals surface area contributed by atoms with Gasteiger partial charge in [0.1, 0.15) is 18.2 Å². The molecule has 0 spiro atoms. The lowest BCUT2D eigenvalue weighted by Crippen LogP contribution is -2.05. The summed E-state index contributed by atoms with van der Waals surface area (Å²) in [7, 11) is 1.59. The Bertz CT molecular complexity index is 577. The summed E-state index contributed by atoms with van der Waals surface area (Å²) in [4.78, 5) is 8.74. The summed E-state index contributed by atoms with van der Waals surface area (Å²) in [5, 5.41) is 3.14. The van der Waals surface area contributed by atoms with Crippen molar-refractivity contribution in [3.63, 3.8) is 0 Å². The summed E-state index contributed by atoms with van der Waals surface area (Å²) in [5.41, 5.74) is 2.03. The van der Waals surface area contributed by atoms with E-state index in [1.54, 1.807) is 20.1 Å². The summed E-state index contributed by atoms with van der Waals surface area (Å²) in [6, 6.07) is 6.90. The SMILES string of the molecule is CCNc1cc(-c2ccc(C)c(F)c2)nc(COC)n1. The summed E-state index contributed by atoms with van der Waals surface area (Å²) < 4.78 is 18.7. The van der Waals surface area contributed by atoms with Crippen LogP contribution in [0.25, 0.3) is 11.3 Å². The number of anilines is 1. The van der Waals surface area contributed by atoms with Gasteiger partial charge in [0.2, 0.25) is 0 Å². The lowest BCUT2D eigenvalue weighted by molar-refractivity contribution is 0.178. The first-order valence-electron chi connectivity index (χ1n) is 6.51. The average Bonchev–Trinajstić information content (AvgIpc) is 2.42. The molecule has 20 heavy (non-hydrogen) atoms. The van der Waals surface area contributed by atoms with Crippen LogP contribution < -0.4 is 5.32 Å². The van der Waals surface area contributed by atoms with Crippen molar-refractivity contribution in [3.05, 3.63) is 41.5 Å². The third-order valence-corrected chi connectivity index (χ3v) is 2.87. The van der Waals surface area contributed by atoms with Crippen LogP contribution in [0, 0.1) is 12.7 Å². The summed E-state index contributed by atoms with van der Waals surface area (Å²) >= 11 is 0. The third-order valence-electron chi connectivity index (χ3n) is 2.87. The van der Waals surface area contributed by atoms with E-state index in [4.69, 9.17) is 4.74 Å². The quantitative estimate of drug-likeness (QED) is 0.910. The maximum absolute atomic E-state index is 13.7. The Labute approximate surface area is 118 Å². The molecular formula is C15H18FN3O. The standard InChI is InChI=1S/C15H18FN3O/c1-4-17-14-8-13(18-15(19-14)9-20-3)11-6-5-10(2)12(16)7-11/h5-8H,4,9H2,1-3H3,(H,17,18,19). The van der Waals surface area contributed by atoms with E-state index in [-0.39, 0.29) is 5.82 Å². The zero-order chi connectivity index (χ0) is 14.5.